The Labute approximate surface area is 134 Å². The number of hydrogen-bond acceptors (Lipinski definition) is 4. The summed E-state index contributed by atoms with van der Waals surface area (Å²) in [7, 11) is 0. The third-order valence-corrected chi connectivity index (χ3v) is 4.24. The molecule has 23 heavy (non-hydrogen) atoms. The molecule has 1 aromatic carbocycles. The van der Waals surface area contributed by atoms with Gasteiger partial charge in [0.25, 0.3) is 5.91 Å². The average molecular weight is 315 g/mol. The number of nitrogens with one attached hydrogen (secondary N) is 2. The Morgan fingerprint density at radius 2 is 1.52 bits per heavy atom. The lowest BCUT2D eigenvalue weighted by molar-refractivity contribution is -0.313. The first-order valence-corrected chi connectivity index (χ1v) is 7.41. The molecule has 6 nitrogen and oxygen atoms in total. The van der Waals surface area contributed by atoms with E-state index in [9.17, 15) is 19.5 Å². The molecule has 0 aromatic heterocycles. The number of benzene rings is 1. The van der Waals surface area contributed by atoms with Crippen LogP contribution in [-0.4, -0.2) is 17.8 Å². The fraction of sp³-hybridized carbons (Fsp3) is 0.353. The van der Waals surface area contributed by atoms with Crippen molar-refractivity contribution >= 4 is 17.8 Å². The standard InChI is InChI=1S/C17H20N2O4/c1-10-8-13(14(17(22)23)9-11(10)2)16(21)19-18-15(20)12-6-4-3-5-7-12/h3-7,13-14H,8-9H2,1-2H3,(H,18,20)(H,19,21)(H,22,23)/p-1. The summed E-state index contributed by atoms with van der Waals surface area (Å²) in [5.74, 6) is -3.85. The molecule has 1 aliphatic rings. The van der Waals surface area contributed by atoms with Crippen molar-refractivity contribution in [3.8, 4) is 0 Å². The van der Waals surface area contributed by atoms with E-state index in [-0.39, 0.29) is 0 Å². The first kappa shape index (κ1) is 16.7. The lowest BCUT2D eigenvalue weighted by Gasteiger charge is -2.32. The lowest BCUT2D eigenvalue weighted by atomic mass is 9.76. The first-order valence-electron chi connectivity index (χ1n) is 7.41. The number of allylic oxidation sites excluding steroid dienone is 2. The molecule has 122 valence electrons. The van der Waals surface area contributed by atoms with E-state index in [2.05, 4.69) is 10.9 Å². The molecule has 0 saturated carbocycles. The zero-order valence-electron chi connectivity index (χ0n) is 13.1. The van der Waals surface area contributed by atoms with Crippen molar-refractivity contribution in [2.45, 2.75) is 26.7 Å². The number of carbonyl (C=O) groups is 3. The Bertz CT molecular complexity index is 652. The van der Waals surface area contributed by atoms with E-state index >= 15 is 0 Å². The van der Waals surface area contributed by atoms with E-state index in [0.717, 1.165) is 11.1 Å². The van der Waals surface area contributed by atoms with Gasteiger partial charge in [0, 0.05) is 17.5 Å². The van der Waals surface area contributed by atoms with Gasteiger partial charge in [0.1, 0.15) is 0 Å². The molecule has 0 saturated heterocycles. The summed E-state index contributed by atoms with van der Waals surface area (Å²) in [4.78, 5) is 35.4. The summed E-state index contributed by atoms with van der Waals surface area (Å²) in [5, 5.41) is 11.3. The lowest BCUT2D eigenvalue weighted by Crippen LogP contribution is -2.49. The summed E-state index contributed by atoms with van der Waals surface area (Å²) in [5.41, 5.74) is 7.00. The Morgan fingerprint density at radius 3 is 2.09 bits per heavy atom. The SMILES string of the molecule is CC1=C(C)CC(C(=O)NNC(=O)c2ccccc2)C(C(=O)[O-])C1. The molecule has 2 rings (SSSR count). The number of aliphatic carboxylic acids is 1. The summed E-state index contributed by atoms with van der Waals surface area (Å²) in [6, 6.07) is 8.42. The maximum absolute atomic E-state index is 12.3. The molecule has 6 heteroatoms. The van der Waals surface area contributed by atoms with Gasteiger partial charge in [-0.1, -0.05) is 29.3 Å². The number of carboxylic acid groups (broad SMARTS) is 1. The molecule has 2 amide bonds. The number of carboxylic acids is 1. The number of hydrazine groups is 1. The smallest absolute Gasteiger partial charge is 0.269 e. The second kappa shape index (κ2) is 7.09. The summed E-state index contributed by atoms with van der Waals surface area (Å²) >= 11 is 0. The highest BCUT2D eigenvalue weighted by molar-refractivity contribution is 5.95. The van der Waals surface area contributed by atoms with E-state index in [1.54, 1.807) is 30.3 Å². The highest BCUT2D eigenvalue weighted by Gasteiger charge is 2.33. The van der Waals surface area contributed by atoms with Crippen LogP contribution >= 0.6 is 0 Å². The van der Waals surface area contributed by atoms with Crippen LogP contribution in [0.1, 0.15) is 37.0 Å². The maximum Gasteiger partial charge on any atom is 0.269 e. The fourth-order valence-corrected chi connectivity index (χ4v) is 2.69. The monoisotopic (exact) mass is 315 g/mol. The van der Waals surface area contributed by atoms with E-state index in [0.29, 0.717) is 18.4 Å². The van der Waals surface area contributed by atoms with Crippen LogP contribution in [0.2, 0.25) is 0 Å². The van der Waals surface area contributed by atoms with E-state index in [1.807, 2.05) is 13.8 Å². The largest absolute Gasteiger partial charge is 0.550 e. The van der Waals surface area contributed by atoms with Gasteiger partial charge in [0.05, 0.1) is 5.92 Å². The van der Waals surface area contributed by atoms with Gasteiger partial charge in [-0.2, -0.15) is 0 Å². The van der Waals surface area contributed by atoms with Crippen molar-refractivity contribution in [3.05, 3.63) is 47.0 Å². The number of amides is 2. The highest BCUT2D eigenvalue weighted by atomic mass is 16.4. The second-order valence-corrected chi connectivity index (χ2v) is 5.81. The molecule has 0 spiro atoms. The summed E-state index contributed by atoms with van der Waals surface area (Å²) < 4.78 is 0. The van der Waals surface area contributed by atoms with Crippen LogP contribution in [0, 0.1) is 11.8 Å². The quantitative estimate of drug-likeness (QED) is 0.629. The van der Waals surface area contributed by atoms with Crippen LogP contribution in [0.3, 0.4) is 0 Å². The fourth-order valence-electron chi connectivity index (χ4n) is 2.69. The van der Waals surface area contributed by atoms with E-state index in [1.165, 1.54) is 0 Å². The van der Waals surface area contributed by atoms with Crippen molar-refractivity contribution in [1.82, 2.24) is 10.9 Å². The number of carbonyl (C=O) groups excluding carboxylic acids is 3. The molecule has 0 heterocycles. The van der Waals surface area contributed by atoms with Crippen molar-refractivity contribution in [2.24, 2.45) is 11.8 Å². The van der Waals surface area contributed by atoms with Gasteiger partial charge < -0.3 is 9.90 Å². The van der Waals surface area contributed by atoms with Crippen LogP contribution in [0.4, 0.5) is 0 Å². The Kier molecular flexibility index (Phi) is 5.16. The van der Waals surface area contributed by atoms with Crippen LogP contribution in [0.5, 0.6) is 0 Å². The normalized spacial score (nSPS) is 20.8. The van der Waals surface area contributed by atoms with Crippen LogP contribution < -0.4 is 16.0 Å². The predicted octanol–water partition coefficient (Wildman–Crippen LogP) is 0.560. The molecule has 2 N–H and O–H groups in total. The Morgan fingerprint density at radius 1 is 0.957 bits per heavy atom. The summed E-state index contributed by atoms with van der Waals surface area (Å²) in [6.07, 6.45) is 0.635. The molecule has 1 aromatic rings. The first-order chi connectivity index (χ1) is 10.9. The molecule has 2 unspecified atom stereocenters. The van der Waals surface area contributed by atoms with Crippen molar-refractivity contribution < 1.29 is 19.5 Å². The van der Waals surface area contributed by atoms with Gasteiger partial charge in [-0.3, -0.25) is 20.4 Å². The third-order valence-electron chi connectivity index (χ3n) is 4.24. The molecule has 2 atom stereocenters. The van der Waals surface area contributed by atoms with Gasteiger partial charge >= 0.3 is 0 Å². The molecule has 1 aliphatic carbocycles. The minimum absolute atomic E-state index is 0.291. The zero-order valence-corrected chi connectivity index (χ0v) is 13.1. The molecular weight excluding hydrogens is 296 g/mol. The zero-order chi connectivity index (χ0) is 17.0. The number of rotatable bonds is 3. The Balaban J connectivity index is 2.02. The topological polar surface area (TPSA) is 98.3 Å². The van der Waals surface area contributed by atoms with E-state index < -0.39 is 29.6 Å². The minimum Gasteiger partial charge on any atom is -0.550 e. The van der Waals surface area contributed by atoms with Crippen LogP contribution in [0.25, 0.3) is 0 Å². The van der Waals surface area contributed by atoms with Crippen molar-refractivity contribution in [2.75, 3.05) is 0 Å². The third kappa shape index (κ3) is 3.97. The Hall–Kier alpha value is -2.63. The van der Waals surface area contributed by atoms with Gasteiger partial charge in [-0.25, -0.2) is 0 Å². The van der Waals surface area contributed by atoms with Gasteiger partial charge in [-0.05, 0) is 38.8 Å². The van der Waals surface area contributed by atoms with Gasteiger partial charge in [0.15, 0.2) is 0 Å². The molecular formula is C17H19N2O4-. The number of hydrogen-bond donors (Lipinski definition) is 2. The maximum atomic E-state index is 12.3. The van der Waals surface area contributed by atoms with Gasteiger partial charge in [0.2, 0.25) is 5.91 Å². The van der Waals surface area contributed by atoms with Crippen molar-refractivity contribution in [1.29, 1.82) is 0 Å². The van der Waals surface area contributed by atoms with Crippen LogP contribution in [0.15, 0.2) is 41.5 Å². The van der Waals surface area contributed by atoms with Gasteiger partial charge in [-0.15, -0.1) is 0 Å². The molecule has 0 fully saturated rings. The van der Waals surface area contributed by atoms with Crippen LogP contribution in [-0.2, 0) is 9.59 Å². The second-order valence-electron chi connectivity index (χ2n) is 5.81. The molecule has 0 aliphatic heterocycles. The molecule has 0 bridgehead atoms. The minimum atomic E-state index is -1.24. The van der Waals surface area contributed by atoms with Crippen molar-refractivity contribution in [3.63, 3.8) is 0 Å². The molecule has 0 radical (unpaired) electrons. The van der Waals surface area contributed by atoms with E-state index in [4.69, 9.17) is 0 Å². The summed E-state index contributed by atoms with van der Waals surface area (Å²) in [6.45, 7) is 3.74. The average Bonchev–Trinajstić information content (AvgIpc) is 2.55. The predicted molar refractivity (Wildman–Crippen MR) is 81.6 cm³/mol. The highest BCUT2D eigenvalue weighted by Crippen LogP contribution is 2.33.